The Morgan fingerprint density at radius 1 is 1.14 bits per heavy atom. The van der Waals surface area contributed by atoms with Gasteiger partial charge in [0.1, 0.15) is 0 Å². The molecule has 0 radical (unpaired) electrons. The number of carbonyl (C=O) groups is 1. The highest BCUT2D eigenvalue weighted by atomic mass is 32.2. The first-order valence-electron chi connectivity index (χ1n) is 6.92. The molecule has 0 saturated carbocycles. The van der Waals surface area contributed by atoms with Crippen LogP contribution in [0.2, 0.25) is 0 Å². The lowest BCUT2D eigenvalue weighted by atomic mass is 10.1. The molecule has 1 aliphatic rings. The van der Waals surface area contributed by atoms with Crippen LogP contribution in [-0.4, -0.2) is 63.3 Å². The molecule has 7 nitrogen and oxygen atoms in total. The Balaban J connectivity index is 2.29. The molecule has 0 aliphatic carbocycles. The summed E-state index contributed by atoms with van der Waals surface area (Å²) in [5, 5.41) is 8.96. The van der Waals surface area contributed by atoms with Crippen LogP contribution in [0.3, 0.4) is 0 Å². The fourth-order valence-electron chi connectivity index (χ4n) is 2.22. The number of ether oxygens (including phenoxy) is 2. The summed E-state index contributed by atoms with van der Waals surface area (Å²) in [6, 6.07) is 3.99. The lowest BCUT2D eigenvalue weighted by Crippen LogP contribution is -2.36. The third-order valence-electron chi connectivity index (χ3n) is 3.38. The van der Waals surface area contributed by atoms with Gasteiger partial charge in [0.05, 0.1) is 36.9 Å². The van der Waals surface area contributed by atoms with Gasteiger partial charge in [-0.1, -0.05) is 0 Å². The molecule has 1 saturated heterocycles. The Bertz CT molecular complexity index is 633. The minimum absolute atomic E-state index is 0.0626. The molecule has 1 aromatic rings. The van der Waals surface area contributed by atoms with Crippen LogP contribution < -0.4 is 0 Å². The van der Waals surface area contributed by atoms with Crippen LogP contribution in [-0.2, 0) is 19.5 Å². The van der Waals surface area contributed by atoms with E-state index >= 15 is 0 Å². The number of carboxylic acid groups (broad SMARTS) is 1. The van der Waals surface area contributed by atoms with E-state index in [0.717, 1.165) is 0 Å². The molecule has 0 spiro atoms. The molecule has 1 aliphatic heterocycles. The van der Waals surface area contributed by atoms with Crippen LogP contribution in [0.25, 0.3) is 0 Å². The Hall–Kier alpha value is -1.48. The van der Waals surface area contributed by atoms with Crippen LogP contribution >= 0.6 is 0 Å². The predicted molar refractivity (Wildman–Crippen MR) is 78.5 cm³/mol. The van der Waals surface area contributed by atoms with Gasteiger partial charge in [-0.05, 0) is 30.7 Å². The highest BCUT2D eigenvalue weighted by Gasteiger charge is 2.26. The van der Waals surface area contributed by atoms with E-state index in [-0.39, 0.29) is 23.5 Å². The fourth-order valence-corrected chi connectivity index (χ4v) is 3.83. The number of aromatic carboxylic acids is 1. The van der Waals surface area contributed by atoms with Crippen LogP contribution in [0.1, 0.15) is 15.9 Å². The quantitative estimate of drug-likeness (QED) is 0.879. The minimum Gasteiger partial charge on any atom is -0.478 e. The Labute approximate surface area is 129 Å². The molecule has 1 fully saturated rings. The van der Waals surface area contributed by atoms with Crippen molar-refractivity contribution in [2.45, 2.75) is 11.8 Å². The van der Waals surface area contributed by atoms with Crippen molar-refractivity contribution < 1.29 is 27.8 Å². The lowest BCUT2D eigenvalue weighted by Gasteiger charge is -2.22. The van der Waals surface area contributed by atoms with Gasteiger partial charge in [-0.2, -0.15) is 4.31 Å². The fraction of sp³-hybridized carbons (Fsp3) is 0.500. The van der Waals surface area contributed by atoms with E-state index in [0.29, 0.717) is 32.0 Å². The van der Waals surface area contributed by atoms with Crippen molar-refractivity contribution in [2.24, 2.45) is 0 Å². The summed E-state index contributed by atoms with van der Waals surface area (Å²) < 4.78 is 37.3. The Kier molecular flexibility index (Phi) is 5.52. The van der Waals surface area contributed by atoms with Crippen molar-refractivity contribution in [1.29, 1.82) is 0 Å². The van der Waals surface area contributed by atoms with Gasteiger partial charge in [-0.15, -0.1) is 0 Å². The molecular formula is C14H19NO6S. The number of rotatable bonds is 3. The zero-order valence-corrected chi connectivity index (χ0v) is 13.1. The maximum Gasteiger partial charge on any atom is 0.335 e. The van der Waals surface area contributed by atoms with Gasteiger partial charge in [0.2, 0.25) is 10.0 Å². The number of aryl methyl sites for hydroxylation is 1. The average molecular weight is 329 g/mol. The highest BCUT2D eigenvalue weighted by molar-refractivity contribution is 7.89. The predicted octanol–water partition coefficient (Wildman–Crippen LogP) is 0.731. The van der Waals surface area contributed by atoms with Gasteiger partial charge in [0.15, 0.2) is 0 Å². The summed E-state index contributed by atoms with van der Waals surface area (Å²) in [5.41, 5.74) is 0.467. The second kappa shape index (κ2) is 7.19. The maximum atomic E-state index is 12.7. The van der Waals surface area contributed by atoms with E-state index in [4.69, 9.17) is 14.6 Å². The number of sulfonamides is 1. The van der Waals surface area contributed by atoms with Crippen molar-refractivity contribution in [3.63, 3.8) is 0 Å². The first-order chi connectivity index (χ1) is 10.4. The molecule has 22 heavy (non-hydrogen) atoms. The summed E-state index contributed by atoms with van der Waals surface area (Å²) in [6.07, 6.45) is 0. The Morgan fingerprint density at radius 2 is 1.73 bits per heavy atom. The van der Waals surface area contributed by atoms with Crippen molar-refractivity contribution in [3.05, 3.63) is 29.3 Å². The maximum absolute atomic E-state index is 12.7. The van der Waals surface area contributed by atoms with Gasteiger partial charge in [-0.3, -0.25) is 0 Å². The summed E-state index contributed by atoms with van der Waals surface area (Å²) in [7, 11) is -3.71. The topological polar surface area (TPSA) is 93.1 Å². The number of nitrogens with zero attached hydrogens (tertiary/aromatic N) is 1. The van der Waals surface area contributed by atoms with E-state index in [1.807, 2.05) is 0 Å². The third-order valence-corrected chi connectivity index (χ3v) is 5.44. The second-order valence-corrected chi connectivity index (χ2v) is 6.82. The number of benzene rings is 1. The van der Waals surface area contributed by atoms with E-state index in [9.17, 15) is 13.2 Å². The minimum atomic E-state index is -3.71. The van der Waals surface area contributed by atoms with Crippen molar-refractivity contribution in [3.8, 4) is 0 Å². The molecular weight excluding hydrogens is 310 g/mol. The molecule has 1 aromatic carbocycles. The largest absolute Gasteiger partial charge is 0.478 e. The molecule has 0 aromatic heterocycles. The van der Waals surface area contributed by atoms with E-state index in [2.05, 4.69) is 0 Å². The van der Waals surface area contributed by atoms with E-state index in [1.54, 1.807) is 6.92 Å². The molecule has 1 heterocycles. The molecule has 0 amide bonds. The van der Waals surface area contributed by atoms with Crippen molar-refractivity contribution >= 4 is 16.0 Å². The SMILES string of the molecule is Cc1cc(C(=O)O)ccc1S(=O)(=O)N1CCOCCOCC1. The average Bonchev–Trinajstić information content (AvgIpc) is 2.60. The summed E-state index contributed by atoms with van der Waals surface area (Å²) in [6.45, 7) is 3.56. The van der Waals surface area contributed by atoms with Crippen LogP contribution in [0.15, 0.2) is 23.1 Å². The standard InChI is InChI=1S/C14H19NO6S/c1-11-10-12(14(16)17)2-3-13(11)22(18,19)15-4-6-20-8-9-21-7-5-15/h2-3,10H,4-9H2,1H3,(H,16,17). The normalized spacial score (nSPS) is 18.2. The smallest absolute Gasteiger partial charge is 0.335 e. The summed E-state index contributed by atoms with van der Waals surface area (Å²) in [5.74, 6) is -1.09. The zero-order chi connectivity index (χ0) is 16.2. The van der Waals surface area contributed by atoms with Gasteiger partial charge in [-0.25, -0.2) is 13.2 Å². The molecule has 0 atom stereocenters. The number of hydrogen-bond donors (Lipinski definition) is 1. The second-order valence-electron chi connectivity index (χ2n) is 4.91. The third kappa shape index (κ3) is 3.83. The lowest BCUT2D eigenvalue weighted by molar-refractivity contribution is 0.0629. The summed E-state index contributed by atoms with van der Waals surface area (Å²) >= 11 is 0. The van der Waals surface area contributed by atoms with Crippen molar-refractivity contribution in [1.82, 2.24) is 4.31 Å². The van der Waals surface area contributed by atoms with Crippen molar-refractivity contribution in [2.75, 3.05) is 39.5 Å². The molecule has 8 heteroatoms. The van der Waals surface area contributed by atoms with Crippen LogP contribution in [0.4, 0.5) is 0 Å². The number of hydrogen-bond acceptors (Lipinski definition) is 5. The highest BCUT2D eigenvalue weighted by Crippen LogP contribution is 2.21. The van der Waals surface area contributed by atoms with Crippen LogP contribution in [0, 0.1) is 6.92 Å². The van der Waals surface area contributed by atoms with Gasteiger partial charge in [0, 0.05) is 13.1 Å². The molecule has 0 unspecified atom stereocenters. The van der Waals surface area contributed by atoms with Gasteiger partial charge in [0.25, 0.3) is 0 Å². The first-order valence-corrected chi connectivity index (χ1v) is 8.36. The monoisotopic (exact) mass is 329 g/mol. The van der Waals surface area contributed by atoms with Gasteiger partial charge < -0.3 is 14.6 Å². The molecule has 1 N–H and O–H groups in total. The summed E-state index contributed by atoms with van der Waals surface area (Å²) in [4.78, 5) is 11.1. The van der Waals surface area contributed by atoms with Crippen LogP contribution in [0.5, 0.6) is 0 Å². The molecule has 0 bridgehead atoms. The first kappa shape index (κ1) is 16.9. The molecule has 122 valence electrons. The van der Waals surface area contributed by atoms with E-state index in [1.165, 1.54) is 22.5 Å². The zero-order valence-electron chi connectivity index (χ0n) is 12.3. The molecule has 2 rings (SSSR count). The van der Waals surface area contributed by atoms with E-state index < -0.39 is 16.0 Å². The van der Waals surface area contributed by atoms with Gasteiger partial charge >= 0.3 is 5.97 Å². The Morgan fingerprint density at radius 3 is 2.23 bits per heavy atom. The number of carboxylic acids is 1.